The summed E-state index contributed by atoms with van der Waals surface area (Å²) >= 11 is 1.73. The highest BCUT2D eigenvalue weighted by atomic mass is 32.1. The number of nitrogens with zero attached hydrogens (tertiary/aromatic N) is 1. The molecule has 0 unspecified atom stereocenters. The van der Waals surface area contributed by atoms with Crippen molar-refractivity contribution in [2.24, 2.45) is 0 Å². The van der Waals surface area contributed by atoms with Gasteiger partial charge in [0.2, 0.25) is 5.91 Å². The van der Waals surface area contributed by atoms with Crippen molar-refractivity contribution in [3.63, 3.8) is 0 Å². The number of carbonyl (C=O) groups is 1. The predicted molar refractivity (Wildman–Crippen MR) is 82.3 cm³/mol. The fraction of sp³-hybridized carbons (Fsp3) is 0.500. The quantitative estimate of drug-likeness (QED) is 0.941. The number of aromatic nitrogens is 1. The molecule has 1 aliphatic carbocycles. The smallest absolute Gasteiger partial charge is 0.225 e. The lowest BCUT2D eigenvalue weighted by atomic mass is 9.94. The lowest BCUT2D eigenvalue weighted by Gasteiger charge is -2.29. The first-order valence-corrected chi connectivity index (χ1v) is 8.25. The van der Waals surface area contributed by atoms with E-state index >= 15 is 0 Å². The van der Waals surface area contributed by atoms with Gasteiger partial charge in [0, 0.05) is 10.4 Å². The molecule has 2 heterocycles. The van der Waals surface area contributed by atoms with Gasteiger partial charge in [0.25, 0.3) is 0 Å². The van der Waals surface area contributed by atoms with E-state index in [0.29, 0.717) is 6.42 Å². The molecule has 5 heteroatoms. The summed E-state index contributed by atoms with van der Waals surface area (Å²) in [5.74, 6) is 0.791. The third-order valence-corrected chi connectivity index (χ3v) is 5.42. The number of thiophene rings is 1. The van der Waals surface area contributed by atoms with E-state index in [1.807, 2.05) is 13.8 Å². The topological polar surface area (TPSA) is 55.1 Å². The van der Waals surface area contributed by atoms with Gasteiger partial charge >= 0.3 is 0 Å². The molecule has 112 valence electrons. The Hall–Kier alpha value is -1.62. The van der Waals surface area contributed by atoms with E-state index in [1.54, 1.807) is 11.3 Å². The third kappa shape index (κ3) is 2.75. The molecule has 4 nitrogen and oxygen atoms in total. The summed E-state index contributed by atoms with van der Waals surface area (Å²) in [6, 6.07) is 4.19. The molecule has 21 heavy (non-hydrogen) atoms. The molecule has 2 aromatic rings. The van der Waals surface area contributed by atoms with Crippen LogP contribution >= 0.6 is 11.3 Å². The summed E-state index contributed by atoms with van der Waals surface area (Å²) in [4.78, 5) is 13.8. The highest BCUT2D eigenvalue weighted by Crippen LogP contribution is 2.40. The van der Waals surface area contributed by atoms with Gasteiger partial charge in [-0.05, 0) is 38.1 Å². The Labute approximate surface area is 128 Å². The number of nitrogens with one attached hydrogen (secondary N) is 1. The number of hydrogen-bond acceptors (Lipinski definition) is 4. The minimum atomic E-state index is -0.162. The second-order valence-corrected chi connectivity index (χ2v) is 6.74. The van der Waals surface area contributed by atoms with Crippen LogP contribution in [0.15, 0.2) is 22.0 Å². The molecule has 1 amide bonds. The second-order valence-electron chi connectivity index (χ2n) is 5.79. The molecule has 0 aliphatic heterocycles. The molecule has 0 bridgehead atoms. The van der Waals surface area contributed by atoms with Gasteiger partial charge < -0.3 is 9.84 Å². The van der Waals surface area contributed by atoms with Crippen LogP contribution in [0.3, 0.4) is 0 Å². The molecule has 0 aromatic carbocycles. The van der Waals surface area contributed by atoms with Crippen molar-refractivity contribution >= 4 is 17.2 Å². The molecular formula is C16H20N2O2S. The molecule has 1 fully saturated rings. The average molecular weight is 304 g/mol. The van der Waals surface area contributed by atoms with Crippen LogP contribution < -0.4 is 5.32 Å². The molecular weight excluding hydrogens is 284 g/mol. The van der Waals surface area contributed by atoms with Crippen LogP contribution in [0.25, 0.3) is 0 Å². The Morgan fingerprint density at radius 1 is 1.43 bits per heavy atom. The summed E-state index contributed by atoms with van der Waals surface area (Å²) < 4.78 is 5.14. The van der Waals surface area contributed by atoms with E-state index in [1.165, 1.54) is 17.7 Å². The summed E-state index contributed by atoms with van der Waals surface area (Å²) in [7, 11) is 0. The van der Waals surface area contributed by atoms with E-state index < -0.39 is 0 Å². The Kier molecular flexibility index (Phi) is 3.85. The van der Waals surface area contributed by atoms with Crippen molar-refractivity contribution in [1.82, 2.24) is 10.5 Å². The number of aryl methyl sites for hydroxylation is 2. The molecule has 1 N–H and O–H groups in total. The van der Waals surface area contributed by atoms with Gasteiger partial charge in [-0.1, -0.05) is 24.1 Å². The average Bonchev–Trinajstić information content (AvgIpc) is 3.17. The number of rotatable bonds is 4. The fourth-order valence-electron chi connectivity index (χ4n) is 3.19. The first kappa shape index (κ1) is 14.3. The first-order valence-electron chi connectivity index (χ1n) is 7.37. The minimum absolute atomic E-state index is 0.0553. The lowest BCUT2D eigenvalue weighted by molar-refractivity contribution is -0.122. The normalized spacial score (nSPS) is 17.0. The van der Waals surface area contributed by atoms with E-state index in [2.05, 4.69) is 28.0 Å². The molecule has 0 radical (unpaired) electrons. The molecule has 3 rings (SSSR count). The summed E-state index contributed by atoms with van der Waals surface area (Å²) in [6.07, 6.45) is 4.74. The predicted octanol–water partition coefficient (Wildman–Crippen LogP) is 3.48. The summed E-state index contributed by atoms with van der Waals surface area (Å²) in [6.45, 7) is 3.73. The van der Waals surface area contributed by atoms with Gasteiger partial charge in [0.15, 0.2) is 0 Å². The highest BCUT2D eigenvalue weighted by molar-refractivity contribution is 7.10. The van der Waals surface area contributed by atoms with Crippen LogP contribution in [-0.4, -0.2) is 11.1 Å². The largest absolute Gasteiger partial charge is 0.361 e. The molecule has 1 saturated carbocycles. The van der Waals surface area contributed by atoms with Crippen molar-refractivity contribution in [2.75, 3.05) is 0 Å². The zero-order valence-corrected chi connectivity index (χ0v) is 13.3. The standard InChI is InChI=1S/C16H20N2O2S/c1-11-13(12(2)20-18-11)10-15(19)17-16(7-3-4-8-16)14-6-5-9-21-14/h5-6,9H,3-4,7-8,10H2,1-2H3,(H,17,19). The highest BCUT2D eigenvalue weighted by Gasteiger charge is 2.37. The molecule has 0 atom stereocenters. The van der Waals surface area contributed by atoms with E-state index in [9.17, 15) is 4.79 Å². The SMILES string of the molecule is Cc1noc(C)c1CC(=O)NC1(c2cccs2)CCCC1. The van der Waals surface area contributed by atoms with E-state index in [-0.39, 0.29) is 11.4 Å². The van der Waals surface area contributed by atoms with Gasteiger partial charge in [0.05, 0.1) is 17.7 Å². The van der Waals surface area contributed by atoms with E-state index in [4.69, 9.17) is 4.52 Å². The van der Waals surface area contributed by atoms with Crippen molar-refractivity contribution in [3.8, 4) is 0 Å². The maximum Gasteiger partial charge on any atom is 0.225 e. The van der Waals surface area contributed by atoms with Crippen molar-refractivity contribution in [3.05, 3.63) is 39.4 Å². The van der Waals surface area contributed by atoms with Crippen LogP contribution in [0.2, 0.25) is 0 Å². The van der Waals surface area contributed by atoms with Crippen LogP contribution in [0, 0.1) is 13.8 Å². The maximum absolute atomic E-state index is 12.5. The van der Waals surface area contributed by atoms with Crippen molar-refractivity contribution in [1.29, 1.82) is 0 Å². The van der Waals surface area contributed by atoms with Crippen LogP contribution in [-0.2, 0) is 16.8 Å². The third-order valence-electron chi connectivity index (χ3n) is 4.35. The van der Waals surface area contributed by atoms with Crippen LogP contribution in [0.1, 0.15) is 47.6 Å². The number of carbonyl (C=O) groups excluding carboxylic acids is 1. The van der Waals surface area contributed by atoms with Crippen molar-refractivity contribution in [2.45, 2.75) is 51.5 Å². The first-order chi connectivity index (χ1) is 10.1. The molecule has 1 aliphatic rings. The monoisotopic (exact) mass is 304 g/mol. The van der Waals surface area contributed by atoms with Gasteiger partial charge in [0.1, 0.15) is 5.76 Å². The van der Waals surface area contributed by atoms with Crippen molar-refractivity contribution < 1.29 is 9.32 Å². The zero-order chi connectivity index (χ0) is 14.9. The van der Waals surface area contributed by atoms with Crippen LogP contribution in [0.5, 0.6) is 0 Å². The Morgan fingerprint density at radius 2 is 2.19 bits per heavy atom. The molecule has 0 spiro atoms. The Bertz CT molecular complexity index is 605. The van der Waals surface area contributed by atoms with Gasteiger partial charge in [-0.3, -0.25) is 4.79 Å². The fourth-order valence-corrected chi connectivity index (χ4v) is 4.13. The summed E-state index contributed by atoms with van der Waals surface area (Å²) in [5.41, 5.74) is 1.55. The molecule has 0 saturated heterocycles. The molecule has 2 aromatic heterocycles. The zero-order valence-electron chi connectivity index (χ0n) is 12.4. The van der Waals surface area contributed by atoms with E-state index in [0.717, 1.165) is 29.9 Å². The number of hydrogen-bond donors (Lipinski definition) is 1. The Morgan fingerprint density at radius 3 is 2.76 bits per heavy atom. The minimum Gasteiger partial charge on any atom is -0.361 e. The van der Waals surface area contributed by atoms with Gasteiger partial charge in [-0.15, -0.1) is 11.3 Å². The van der Waals surface area contributed by atoms with Gasteiger partial charge in [-0.2, -0.15) is 0 Å². The Balaban J connectivity index is 1.76. The summed E-state index contributed by atoms with van der Waals surface area (Å²) in [5, 5.41) is 9.28. The maximum atomic E-state index is 12.5. The van der Waals surface area contributed by atoms with Crippen LogP contribution in [0.4, 0.5) is 0 Å². The lowest BCUT2D eigenvalue weighted by Crippen LogP contribution is -2.44. The second kappa shape index (κ2) is 5.64. The van der Waals surface area contributed by atoms with Gasteiger partial charge in [-0.25, -0.2) is 0 Å². The number of amides is 1.